The van der Waals surface area contributed by atoms with Crippen molar-refractivity contribution >= 4 is 17.4 Å². The molecule has 0 aliphatic rings. The number of hydrogen-bond donors (Lipinski definition) is 3. The van der Waals surface area contributed by atoms with Gasteiger partial charge in [-0.3, -0.25) is 10.1 Å². The molecule has 28 heavy (non-hydrogen) atoms. The van der Waals surface area contributed by atoms with E-state index in [-0.39, 0.29) is 24.8 Å². The first kappa shape index (κ1) is 21.0. The molecule has 2 rings (SSSR count). The summed E-state index contributed by atoms with van der Waals surface area (Å²) in [5.41, 5.74) is -0.914. The standard InChI is InChI=1S/C18H19F3N4O3/c1-12(13-5-3-2-4-6-13)24-17(26)23-10-9-22-15-8-7-14(18(19,20)21)11-16(15)25(27)28/h2-8,11-12,22H,9-10H2,1H3,(H2,23,24,26)/t12-/m0/s1. The van der Waals surface area contributed by atoms with Crippen LogP contribution in [0.5, 0.6) is 0 Å². The van der Waals surface area contributed by atoms with Gasteiger partial charge in [0.1, 0.15) is 5.69 Å². The second kappa shape index (κ2) is 9.07. The summed E-state index contributed by atoms with van der Waals surface area (Å²) in [6.07, 6.45) is -4.67. The van der Waals surface area contributed by atoms with Crippen LogP contribution >= 0.6 is 0 Å². The highest BCUT2D eigenvalue weighted by Crippen LogP contribution is 2.34. The lowest BCUT2D eigenvalue weighted by molar-refractivity contribution is -0.384. The molecule has 0 saturated carbocycles. The Kier molecular flexibility index (Phi) is 6.80. The van der Waals surface area contributed by atoms with Crippen LogP contribution in [0.25, 0.3) is 0 Å². The number of rotatable bonds is 7. The molecule has 0 bridgehead atoms. The van der Waals surface area contributed by atoms with Crippen LogP contribution in [-0.2, 0) is 6.18 Å². The van der Waals surface area contributed by atoms with Gasteiger partial charge in [0, 0.05) is 19.2 Å². The summed E-state index contributed by atoms with van der Waals surface area (Å²) in [4.78, 5) is 22.0. The molecule has 0 heterocycles. The molecule has 7 nitrogen and oxygen atoms in total. The lowest BCUT2D eigenvalue weighted by atomic mass is 10.1. The minimum absolute atomic E-state index is 0.0575. The highest BCUT2D eigenvalue weighted by molar-refractivity contribution is 5.74. The molecule has 0 saturated heterocycles. The van der Waals surface area contributed by atoms with E-state index in [0.29, 0.717) is 6.07 Å². The second-order valence-electron chi connectivity index (χ2n) is 5.95. The van der Waals surface area contributed by atoms with Gasteiger partial charge in [-0.25, -0.2) is 4.79 Å². The van der Waals surface area contributed by atoms with Crippen LogP contribution in [0.4, 0.5) is 29.3 Å². The molecular weight excluding hydrogens is 377 g/mol. The zero-order valence-corrected chi connectivity index (χ0v) is 14.9. The first-order valence-electron chi connectivity index (χ1n) is 8.37. The van der Waals surface area contributed by atoms with Crippen LogP contribution in [0, 0.1) is 10.1 Å². The summed E-state index contributed by atoms with van der Waals surface area (Å²) in [5.74, 6) is 0. The summed E-state index contributed by atoms with van der Waals surface area (Å²) >= 11 is 0. The number of urea groups is 1. The number of anilines is 1. The van der Waals surface area contributed by atoms with E-state index in [1.165, 1.54) is 0 Å². The quantitative estimate of drug-likeness (QED) is 0.373. The predicted molar refractivity (Wildman–Crippen MR) is 98.0 cm³/mol. The van der Waals surface area contributed by atoms with Gasteiger partial charge in [-0.2, -0.15) is 13.2 Å². The number of carbonyl (C=O) groups excluding carboxylic acids is 1. The number of carbonyl (C=O) groups is 1. The van der Waals surface area contributed by atoms with Crippen LogP contribution in [-0.4, -0.2) is 24.0 Å². The summed E-state index contributed by atoms with van der Waals surface area (Å²) in [6.45, 7) is 2.03. The van der Waals surface area contributed by atoms with E-state index in [2.05, 4.69) is 16.0 Å². The number of nitro groups is 1. The maximum absolute atomic E-state index is 12.7. The van der Waals surface area contributed by atoms with Crippen molar-refractivity contribution in [3.63, 3.8) is 0 Å². The van der Waals surface area contributed by atoms with E-state index in [0.717, 1.165) is 17.7 Å². The van der Waals surface area contributed by atoms with Gasteiger partial charge in [0.2, 0.25) is 0 Å². The first-order chi connectivity index (χ1) is 13.2. The average Bonchev–Trinajstić information content (AvgIpc) is 2.65. The Hall–Kier alpha value is -3.30. The molecule has 2 amide bonds. The summed E-state index contributed by atoms with van der Waals surface area (Å²) < 4.78 is 38.1. The van der Waals surface area contributed by atoms with Crippen LogP contribution in [0.2, 0.25) is 0 Å². The topological polar surface area (TPSA) is 96.3 Å². The minimum atomic E-state index is -4.67. The summed E-state index contributed by atoms with van der Waals surface area (Å²) in [5, 5.41) is 19.0. The van der Waals surface area contributed by atoms with Gasteiger partial charge in [-0.05, 0) is 24.6 Å². The van der Waals surface area contributed by atoms with Crippen molar-refractivity contribution in [3.05, 3.63) is 69.8 Å². The lowest BCUT2D eigenvalue weighted by Crippen LogP contribution is -2.39. The molecule has 1 atom stereocenters. The number of nitrogens with one attached hydrogen (secondary N) is 3. The third-order valence-electron chi connectivity index (χ3n) is 3.89. The molecule has 0 radical (unpaired) electrons. The predicted octanol–water partition coefficient (Wildman–Crippen LogP) is 4.09. The Labute approximate surface area is 159 Å². The molecule has 2 aromatic rings. The zero-order valence-electron chi connectivity index (χ0n) is 14.9. The third kappa shape index (κ3) is 5.86. The first-order valence-corrected chi connectivity index (χ1v) is 8.37. The second-order valence-corrected chi connectivity index (χ2v) is 5.95. The SMILES string of the molecule is C[C@H](NC(=O)NCCNc1ccc(C(F)(F)F)cc1[N+](=O)[O-])c1ccccc1. The van der Waals surface area contributed by atoms with E-state index >= 15 is 0 Å². The Morgan fingerprint density at radius 1 is 1.14 bits per heavy atom. The van der Waals surface area contributed by atoms with Gasteiger partial charge in [0.05, 0.1) is 16.5 Å². The molecule has 0 aliphatic heterocycles. The van der Waals surface area contributed by atoms with Crippen LogP contribution < -0.4 is 16.0 Å². The van der Waals surface area contributed by atoms with Gasteiger partial charge < -0.3 is 16.0 Å². The third-order valence-corrected chi connectivity index (χ3v) is 3.89. The number of nitrogens with zero attached hydrogens (tertiary/aromatic N) is 1. The Morgan fingerprint density at radius 2 is 1.82 bits per heavy atom. The van der Waals surface area contributed by atoms with Crippen LogP contribution in [0.1, 0.15) is 24.1 Å². The summed E-state index contributed by atoms with van der Waals surface area (Å²) in [7, 11) is 0. The molecule has 0 aromatic heterocycles. The fourth-order valence-electron chi connectivity index (χ4n) is 2.45. The fraction of sp³-hybridized carbons (Fsp3) is 0.278. The Morgan fingerprint density at radius 3 is 2.43 bits per heavy atom. The number of halogens is 3. The van der Waals surface area contributed by atoms with Crippen molar-refractivity contribution in [2.75, 3.05) is 18.4 Å². The van der Waals surface area contributed by atoms with Crippen molar-refractivity contribution in [3.8, 4) is 0 Å². The van der Waals surface area contributed by atoms with E-state index in [1.807, 2.05) is 37.3 Å². The molecule has 10 heteroatoms. The molecule has 0 unspecified atom stereocenters. The van der Waals surface area contributed by atoms with Crippen molar-refractivity contribution in [2.24, 2.45) is 0 Å². The number of hydrogen-bond acceptors (Lipinski definition) is 4. The minimum Gasteiger partial charge on any atom is -0.378 e. The molecule has 0 spiro atoms. The molecule has 0 fully saturated rings. The Bertz CT molecular complexity index is 829. The van der Waals surface area contributed by atoms with Crippen molar-refractivity contribution in [1.29, 1.82) is 0 Å². The van der Waals surface area contributed by atoms with Crippen LogP contribution in [0.15, 0.2) is 48.5 Å². The molecule has 2 aromatic carbocycles. The summed E-state index contributed by atoms with van der Waals surface area (Å²) in [6, 6.07) is 10.9. The van der Waals surface area contributed by atoms with Crippen molar-refractivity contribution < 1.29 is 22.9 Å². The van der Waals surface area contributed by atoms with Gasteiger partial charge in [0.15, 0.2) is 0 Å². The monoisotopic (exact) mass is 396 g/mol. The highest BCUT2D eigenvalue weighted by Gasteiger charge is 2.32. The number of amides is 2. The molecule has 3 N–H and O–H groups in total. The number of alkyl halides is 3. The Balaban J connectivity index is 1.86. The van der Waals surface area contributed by atoms with E-state index in [4.69, 9.17) is 0 Å². The van der Waals surface area contributed by atoms with Gasteiger partial charge in [0.25, 0.3) is 5.69 Å². The van der Waals surface area contributed by atoms with E-state index in [9.17, 15) is 28.1 Å². The smallest absolute Gasteiger partial charge is 0.378 e. The number of benzene rings is 2. The van der Waals surface area contributed by atoms with E-state index in [1.54, 1.807) is 0 Å². The zero-order chi connectivity index (χ0) is 20.7. The van der Waals surface area contributed by atoms with Gasteiger partial charge in [-0.15, -0.1) is 0 Å². The molecule has 150 valence electrons. The fourth-order valence-corrected chi connectivity index (χ4v) is 2.45. The average molecular weight is 396 g/mol. The van der Waals surface area contributed by atoms with Gasteiger partial charge >= 0.3 is 12.2 Å². The molecule has 0 aliphatic carbocycles. The van der Waals surface area contributed by atoms with Crippen LogP contribution in [0.3, 0.4) is 0 Å². The molecular formula is C18H19F3N4O3. The van der Waals surface area contributed by atoms with Gasteiger partial charge in [-0.1, -0.05) is 30.3 Å². The normalized spacial score (nSPS) is 12.1. The maximum Gasteiger partial charge on any atom is 0.416 e. The highest BCUT2D eigenvalue weighted by atomic mass is 19.4. The van der Waals surface area contributed by atoms with E-state index < -0.39 is 28.4 Å². The van der Waals surface area contributed by atoms with Crippen molar-refractivity contribution in [1.82, 2.24) is 10.6 Å². The van der Waals surface area contributed by atoms with Crippen molar-refractivity contribution in [2.45, 2.75) is 19.1 Å². The largest absolute Gasteiger partial charge is 0.416 e. The lowest BCUT2D eigenvalue weighted by Gasteiger charge is -2.15. The maximum atomic E-state index is 12.7. The number of nitro benzene ring substituents is 1.